The number of carbonyl (C=O) groups is 1. The highest BCUT2D eigenvalue weighted by molar-refractivity contribution is 5.89. The third-order valence-electron chi connectivity index (χ3n) is 3.09. The summed E-state index contributed by atoms with van der Waals surface area (Å²) in [5, 5.41) is 2.84. The van der Waals surface area contributed by atoms with Gasteiger partial charge in [-0.05, 0) is 36.2 Å². The van der Waals surface area contributed by atoms with E-state index < -0.39 is 0 Å². The zero-order valence-electron chi connectivity index (χ0n) is 11.5. The zero-order valence-corrected chi connectivity index (χ0v) is 11.5. The fourth-order valence-electron chi connectivity index (χ4n) is 1.83. The molecule has 104 valence electrons. The van der Waals surface area contributed by atoms with E-state index in [1.54, 1.807) is 36.2 Å². The minimum Gasteiger partial charge on any atom is -0.399 e. The average molecular weight is 269 g/mol. The van der Waals surface area contributed by atoms with Crippen LogP contribution in [0.1, 0.15) is 5.56 Å². The first-order chi connectivity index (χ1) is 9.65. The number of nitrogens with one attached hydrogen (secondary N) is 1. The van der Waals surface area contributed by atoms with Crippen molar-refractivity contribution in [2.45, 2.75) is 6.42 Å². The van der Waals surface area contributed by atoms with Crippen LogP contribution in [0.5, 0.6) is 0 Å². The molecule has 0 fully saturated rings. The number of anilines is 2. The van der Waals surface area contributed by atoms with Gasteiger partial charge < -0.3 is 16.0 Å². The van der Waals surface area contributed by atoms with Crippen LogP contribution in [-0.2, 0) is 6.42 Å². The van der Waals surface area contributed by atoms with E-state index in [4.69, 9.17) is 5.73 Å². The monoisotopic (exact) mass is 269 g/mol. The number of nitrogen functional groups attached to an aromatic ring is 1. The van der Waals surface area contributed by atoms with Gasteiger partial charge in [0.1, 0.15) is 0 Å². The van der Waals surface area contributed by atoms with Crippen LogP contribution in [-0.4, -0.2) is 24.5 Å². The van der Waals surface area contributed by atoms with Gasteiger partial charge in [0.2, 0.25) is 0 Å². The topological polar surface area (TPSA) is 58.4 Å². The summed E-state index contributed by atoms with van der Waals surface area (Å²) in [5.41, 5.74) is 8.26. The van der Waals surface area contributed by atoms with Crippen LogP contribution < -0.4 is 11.1 Å². The van der Waals surface area contributed by atoms with E-state index in [-0.39, 0.29) is 6.03 Å². The van der Waals surface area contributed by atoms with E-state index in [1.807, 2.05) is 18.2 Å². The molecule has 4 nitrogen and oxygen atoms in total. The maximum atomic E-state index is 12.0. The lowest BCUT2D eigenvalue weighted by atomic mass is 10.1. The van der Waals surface area contributed by atoms with Gasteiger partial charge in [-0.3, -0.25) is 0 Å². The Labute approximate surface area is 119 Å². The van der Waals surface area contributed by atoms with Crippen molar-refractivity contribution in [2.75, 3.05) is 24.6 Å². The highest BCUT2D eigenvalue weighted by Gasteiger charge is 2.08. The van der Waals surface area contributed by atoms with Crippen LogP contribution in [0.3, 0.4) is 0 Å². The number of benzene rings is 2. The molecule has 0 aliphatic rings. The van der Waals surface area contributed by atoms with Gasteiger partial charge in [-0.25, -0.2) is 4.79 Å². The highest BCUT2D eigenvalue weighted by Crippen LogP contribution is 2.11. The van der Waals surface area contributed by atoms with Crippen molar-refractivity contribution in [1.82, 2.24) is 4.90 Å². The quantitative estimate of drug-likeness (QED) is 0.838. The van der Waals surface area contributed by atoms with Gasteiger partial charge in [-0.15, -0.1) is 0 Å². The van der Waals surface area contributed by atoms with Gasteiger partial charge in [0.15, 0.2) is 0 Å². The Morgan fingerprint density at radius 2 is 1.75 bits per heavy atom. The van der Waals surface area contributed by atoms with E-state index in [0.717, 1.165) is 12.1 Å². The normalized spacial score (nSPS) is 10.1. The van der Waals surface area contributed by atoms with E-state index >= 15 is 0 Å². The van der Waals surface area contributed by atoms with Crippen LogP contribution in [0.15, 0.2) is 54.6 Å². The average Bonchev–Trinajstić information content (AvgIpc) is 2.48. The third-order valence-corrected chi connectivity index (χ3v) is 3.09. The molecule has 0 unspecified atom stereocenters. The molecule has 0 aliphatic heterocycles. The Kier molecular flexibility index (Phi) is 4.60. The molecule has 0 spiro atoms. The summed E-state index contributed by atoms with van der Waals surface area (Å²) < 4.78 is 0. The first-order valence-corrected chi connectivity index (χ1v) is 6.57. The molecular formula is C16H19N3O. The number of hydrogen-bond acceptors (Lipinski definition) is 2. The van der Waals surface area contributed by atoms with Gasteiger partial charge in [-0.2, -0.15) is 0 Å². The molecule has 0 atom stereocenters. The van der Waals surface area contributed by atoms with Crippen molar-refractivity contribution in [3.63, 3.8) is 0 Å². The lowest BCUT2D eigenvalue weighted by Gasteiger charge is -2.18. The van der Waals surface area contributed by atoms with Crippen LogP contribution in [0.25, 0.3) is 0 Å². The molecule has 0 saturated carbocycles. The number of likely N-dealkylation sites (N-methyl/N-ethyl adjacent to an activating group) is 1. The highest BCUT2D eigenvalue weighted by atomic mass is 16.2. The van der Waals surface area contributed by atoms with Crippen molar-refractivity contribution in [2.24, 2.45) is 0 Å². The van der Waals surface area contributed by atoms with Crippen LogP contribution in [0, 0.1) is 0 Å². The van der Waals surface area contributed by atoms with Crippen LogP contribution >= 0.6 is 0 Å². The van der Waals surface area contributed by atoms with Gasteiger partial charge in [0.25, 0.3) is 0 Å². The minimum absolute atomic E-state index is 0.120. The predicted molar refractivity (Wildman–Crippen MR) is 82.6 cm³/mol. The smallest absolute Gasteiger partial charge is 0.321 e. The summed E-state index contributed by atoms with van der Waals surface area (Å²) in [7, 11) is 1.79. The standard InChI is InChI=1S/C16H19N3O/c1-19(12-11-13-5-3-2-4-6-13)16(20)18-15-9-7-14(17)8-10-15/h2-10H,11-12,17H2,1H3,(H,18,20). The zero-order chi connectivity index (χ0) is 14.4. The first kappa shape index (κ1) is 13.9. The summed E-state index contributed by atoms with van der Waals surface area (Å²) >= 11 is 0. The van der Waals surface area contributed by atoms with Gasteiger partial charge >= 0.3 is 6.03 Å². The summed E-state index contributed by atoms with van der Waals surface area (Å²) in [6, 6.07) is 17.1. The van der Waals surface area contributed by atoms with Crippen molar-refractivity contribution in [3.05, 3.63) is 60.2 Å². The lowest BCUT2D eigenvalue weighted by molar-refractivity contribution is 0.223. The molecule has 0 aromatic heterocycles. The van der Waals surface area contributed by atoms with E-state index in [2.05, 4.69) is 17.4 Å². The third kappa shape index (κ3) is 4.02. The Balaban J connectivity index is 1.84. The van der Waals surface area contributed by atoms with E-state index in [0.29, 0.717) is 12.2 Å². The molecule has 2 aromatic rings. The van der Waals surface area contributed by atoms with Crippen LogP contribution in [0.4, 0.5) is 16.2 Å². The Bertz CT molecular complexity index is 552. The molecule has 2 rings (SSSR count). The summed E-state index contributed by atoms with van der Waals surface area (Å²) in [4.78, 5) is 13.7. The van der Waals surface area contributed by atoms with E-state index in [1.165, 1.54) is 5.56 Å². The number of hydrogen-bond donors (Lipinski definition) is 2. The number of nitrogens with two attached hydrogens (primary N) is 1. The van der Waals surface area contributed by atoms with E-state index in [9.17, 15) is 4.79 Å². The maximum absolute atomic E-state index is 12.0. The molecular weight excluding hydrogens is 250 g/mol. The molecule has 20 heavy (non-hydrogen) atoms. The molecule has 4 heteroatoms. The van der Waals surface area contributed by atoms with Crippen molar-refractivity contribution >= 4 is 17.4 Å². The predicted octanol–water partition coefficient (Wildman–Crippen LogP) is 2.98. The number of urea groups is 1. The molecule has 2 amide bonds. The molecule has 0 bridgehead atoms. The number of amides is 2. The fraction of sp³-hybridized carbons (Fsp3) is 0.188. The van der Waals surface area contributed by atoms with Crippen molar-refractivity contribution < 1.29 is 4.79 Å². The summed E-state index contributed by atoms with van der Waals surface area (Å²) in [6.07, 6.45) is 0.840. The molecule has 0 radical (unpaired) electrons. The second-order valence-corrected chi connectivity index (χ2v) is 4.71. The Hall–Kier alpha value is -2.49. The molecule has 2 aromatic carbocycles. The van der Waals surface area contributed by atoms with Gasteiger partial charge in [0.05, 0.1) is 0 Å². The van der Waals surface area contributed by atoms with Crippen LogP contribution in [0.2, 0.25) is 0 Å². The van der Waals surface area contributed by atoms with Crippen molar-refractivity contribution in [3.8, 4) is 0 Å². The second-order valence-electron chi connectivity index (χ2n) is 4.71. The second kappa shape index (κ2) is 6.61. The Morgan fingerprint density at radius 3 is 2.40 bits per heavy atom. The molecule has 3 N–H and O–H groups in total. The first-order valence-electron chi connectivity index (χ1n) is 6.57. The number of carbonyl (C=O) groups excluding carboxylic acids is 1. The summed E-state index contributed by atoms with van der Waals surface area (Å²) in [5.74, 6) is 0. The van der Waals surface area contributed by atoms with Crippen molar-refractivity contribution in [1.29, 1.82) is 0 Å². The minimum atomic E-state index is -0.120. The summed E-state index contributed by atoms with van der Waals surface area (Å²) in [6.45, 7) is 0.671. The largest absolute Gasteiger partial charge is 0.399 e. The molecule has 0 aliphatic carbocycles. The molecule has 0 heterocycles. The molecule has 0 saturated heterocycles. The number of nitrogens with zero attached hydrogens (tertiary/aromatic N) is 1. The Morgan fingerprint density at radius 1 is 1.10 bits per heavy atom. The van der Waals surface area contributed by atoms with Gasteiger partial charge in [0, 0.05) is 25.0 Å². The lowest BCUT2D eigenvalue weighted by Crippen LogP contribution is -2.32. The van der Waals surface area contributed by atoms with Gasteiger partial charge in [-0.1, -0.05) is 30.3 Å². The fourth-order valence-corrected chi connectivity index (χ4v) is 1.83. The SMILES string of the molecule is CN(CCc1ccccc1)C(=O)Nc1ccc(N)cc1. The maximum Gasteiger partial charge on any atom is 0.321 e. The number of rotatable bonds is 4.